The quantitative estimate of drug-likeness (QED) is 0.703. The molecule has 1 aromatic heterocycles. The topological polar surface area (TPSA) is 36.9 Å². The van der Waals surface area contributed by atoms with Crippen LogP contribution in [0, 0.1) is 17.2 Å². The van der Waals surface area contributed by atoms with Gasteiger partial charge in [-0.15, -0.1) is 0 Å². The summed E-state index contributed by atoms with van der Waals surface area (Å²) >= 11 is 0. The summed E-state index contributed by atoms with van der Waals surface area (Å²) in [6, 6.07) is 10.3. The van der Waals surface area contributed by atoms with Gasteiger partial charge in [-0.3, -0.25) is 0 Å². The molecule has 0 N–H and O–H groups in total. The van der Waals surface area contributed by atoms with E-state index in [1.807, 2.05) is 24.3 Å². The Bertz CT molecular complexity index is 563. The van der Waals surface area contributed by atoms with Crippen LogP contribution in [0.3, 0.4) is 0 Å². The molecule has 0 radical (unpaired) electrons. The maximum Gasteiger partial charge on any atom is 0.134 e. The average molecular weight is 197 g/mol. The third-order valence-corrected chi connectivity index (χ3v) is 3.47. The molecule has 0 aliphatic heterocycles. The van der Waals surface area contributed by atoms with Crippen LogP contribution in [-0.4, -0.2) is 0 Å². The molecule has 2 unspecified atom stereocenters. The number of benzene rings is 1. The van der Waals surface area contributed by atoms with Crippen LogP contribution < -0.4 is 0 Å². The van der Waals surface area contributed by atoms with Crippen molar-refractivity contribution in [1.82, 2.24) is 0 Å². The van der Waals surface area contributed by atoms with E-state index in [4.69, 9.17) is 4.42 Å². The Morgan fingerprint density at radius 3 is 2.87 bits per heavy atom. The summed E-state index contributed by atoms with van der Waals surface area (Å²) in [5.41, 5.74) is 1.65. The lowest BCUT2D eigenvalue weighted by Gasteiger charge is -2.03. The molecule has 1 heterocycles. The number of nitriles is 1. The van der Waals surface area contributed by atoms with Crippen molar-refractivity contribution in [3.8, 4) is 6.07 Å². The molecule has 2 atom stereocenters. The number of hydrogen-bond donors (Lipinski definition) is 0. The molecule has 1 fully saturated rings. The highest BCUT2D eigenvalue weighted by Gasteiger charge is 2.54. The van der Waals surface area contributed by atoms with Crippen LogP contribution in [0.15, 0.2) is 34.9 Å². The van der Waals surface area contributed by atoms with Crippen LogP contribution in [0.2, 0.25) is 0 Å². The lowest BCUT2D eigenvalue weighted by Crippen LogP contribution is -2.04. The molecule has 74 valence electrons. The summed E-state index contributed by atoms with van der Waals surface area (Å²) in [5, 5.41) is 10.4. The number of fused-ring (bicyclic) bond motifs is 1. The molecule has 0 amide bonds. The first-order chi connectivity index (χ1) is 7.28. The van der Waals surface area contributed by atoms with Crippen molar-refractivity contribution in [2.24, 2.45) is 5.92 Å². The maximum atomic E-state index is 9.27. The summed E-state index contributed by atoms with van der Waals surface area (Å²) in [4.78, 5) is 0. The fraction of sp³-hybridized carbons (Fsp3) is 0.308. The zero-order valence-corrected chi connectivity index (χ0v) is 8.53. The molecule has 15 heavy (non-hydrogen) atoms. The van der Waals surface area contributed by atoms with E-state index >= 15 is 0 Å². The van der Waals surface area contributed by atoms with E-state index in [1.165, 1.54) is 0 Å². The highest BCUT2D eigenvalue weighted by molar-refractivity contribution is 5.83. The molecule has 1 saturated carbocycles. The van der Waals surface area contributed by atoms with Crippen molar-refractivity contribution >= 4 is 11.0 Å². The first-order valence-corrected chi connectivity index (χ1v) is 5.16. The molecule has 0 bridgehead atoms. The SMILES string of the molecule is CC1CC1(C#N)c1coc2ccccc12. The van der Waals surface area contributed by atoms with Crippen LogP contribution in [0.4, 0.5) is 0 Å². The van der Waals surface area contributed by atoms with Gasteiger partial charge in [-0.2, -0.15) is 5.26 Å². The third-order valence-electron chi connectivity index (χ3n) is 3.47. The molecule has 1 aromatic carbocycles. The van der Waals surface area contributed by atoms with Gasteiger partial charge in [-0.1, -0.05) is 25.1 Å². The zero-order chi connectivity index (χ0) is 10.5. The van der Waals surface area contributed by atoms with Gasteiger partial charge in [0.2, 0.25) is 0 Å². The second-order valence-electron chi connectivity index (χ2n) is 4.33. The minimum Gasteiger partial charge on any atom is -0.464 e. The molecule has 1 aliphatic rings. The van der Waals surface area contributed by atoms with Crippen LogP contribution in [0.1, 0.15) is 18.9 Å². The molecule has 0 saturated heterocycles. The number of hydrogen-bond acceptors (Lipinski definition) is 2. The van der Waals surface area contributed by atoms with Gasteiger partial charge in [0.25, 0.3) is 0 Å². The molecule has 3 rings (SSSR count). The molecule has 2 heteroatoms. The Hall–Kier alpha value is -1.75. The van der Waals surface area contributed by atoms with Gasteiger partial charge in [0.15, 0.2) is 0 Å². The van der Waals surface area contributed by atoms with Crippen LogP contribution >= 0.6 is 0 Å². The Labute approximate surface area is 88.1 Å². The predicted molar refractivity (Wildman–Crippen MR) is 57.3 cm³/mol. The van der Waals surface area contributed by atoms with Crippen molar-refractivity contribution < 1.29 is 4.42 Å². The molecule has 2 aromatic rings. The number of furan rings is 1. The Morgan fingerprint density at radius 2 is 2.20 bits per heavy atom. The number of rotatable bonds is 1. The van der Waals surface area contributed by atoms with Crippen molar-refractivity contribution in [1.29, 1.82) is 5.26 Å². The second-order valence-corrected chi connectivity index (χ2v) is 4.33. The van der Waals surface area contributed by atoms with Crippen LogP contribution in [0.5, 0.6) is 0 Å². The normalized spacial score (nSPS) is 28.9. The Kier molecular flexibility index (Phi) is 1.50. The minimum absolute atomic E-state index is 0.285. The highest BCUT2D eigenvalue weighted by atomic mass is 16.3. The number of nitrogens with zero attached hydrogens (tertiary/aromatic N) is 1. The van der Waals surface area contributed by atoms with Crippen molar-refractivity contribution in [2.45, 2.75) is 18.8 Å². The fourth-order valence-electron chi connectivity index (χ4n) is 2.34. The molecule has 1 aliphatic carbocycles. The van der Waals surface area contributed by atoms with Gasteiger partial charge >= 0.3 is 0 Å². The molecular weight excluding hydrogens is 186 g/mol. The standard InChI is InChI=1S/C13H11NO/c1-9-6-13(9,8-14)11-7-15-12-5-3-2-4-10(11)12/h2-5,7,9H,6H2,1H3. The summed E-state index contributed by atoms with van der Waals surface area (Å²) in [6.45, 7) is 2.12. The van der Waals surface area contributed by atoms with Gasteiger partial charge < -0.3 is 4.42 Å². The van der Waals surface area contributed by atoms with Crippen molar-refractivity contribution in [2.75, 3.05) is 0 Å². The highest BCUT2D eigenvalue weighted by Crippen LogP contribution is 2.55. The zero-order valence-electron chi connectivity index (χ0n) is 8.53. The molecule has 2 nitrogen and oxygen atoms in total. The summed E-state index contributed by atoms with van der Waals surface area (Å²) < 4.78 is 5.47. The van der Waals surface area contributed by atoms with E-state index < -0.39 is 0 Å². The van der Waals surface area contributed by atoms with Crippen LogP contribution in [-0.2, 0) is 5.41 Å². The van der Waals surface area contributed by atoms with Gasteiger partial charge in [0.1, 0.15) is 5.58 Å². The number of para-hydroxylation sites is 1. The van der Waals surface area contributed by atoms with Gasteiger partial charge in [0.05, 0.1) is 17.7 Å². The largest absolute Gasteiger partial charge is 0.464 e. The van der Waals surface area contributed by atoms with E-state index in [1.54, 1.807) is 6.26 Å². The fourth-order valence-corrected chi connectivity index (χ4v) is 2.34. The summed E-state index contributed by atoms with van der Waals surface area (Å²) in [6.07, 6.45) is 2.70. The average Bonchev–Trinajstić information content (AvgIpc) is 2.76. The maximum absolute atomic E-state index is 9.27. The van der Waals surface area contributed by atoms with E-state index in [9.17, 15) is 5.26 Å². The smallest absolute Gasteiger partial charge is 0.134 e. The van der Waals surface area contributed by atoms with E-state index in [0.717, 1.165) is 23.0 Å². The lowest BCUT2D eigenvalue weighted by molar-refractivity contribution is 0.604. The Morgan fingerprint density at radius 1 is 1.47 bits per heavy atom. The first-order valence-electron chi connectivity index (χ1n) is 5.16. The van der Waals surface area contributed by atoms with Crippen molar-refractivity contribution in [3.63, 3.8) is 0 Å². The van der Waals surface area contributed by atoms with Crippen molar-refractivity contribution in [3.05, 3.63) is 36.1 Å². The monoisotopic (exact) mass is 197 g/mol. The van der Waals surface area contributed by atoms with Gasteiger partial charge in [-0.25, -0.2) is 0 Å². The summed E-state index contributed by atoms with van der Waals surface area (Å²) in [5.74, 6) is 0.448. The van der Waals surface area contributed by atoms with Gasteiger partial charge in [0, 0.05) is 10.9 Å². The van der Waals surface area contributed by atoms with E-state index in [0.29, 0.717) is 5.92 Å². The Balaban J connectivity index is 2.25. The lowest BCUT2D eigenvalue weighted by atomic mass is 9.95. The summed E-state index contributed by atoms with van der Waals surface area (Å²) in [7, 11) is 0. The molecule has 0 spiro atoms. The van der Waals surface area contributed by atoms with E-state index in [-0.39, 0.29) is 5.41 Å². The second kappa shape index (κ2) is 2.64. The minimum atomic E-state index is -0.285. The van der Waals surface area contributed by atoms with Gasteiger partial charge in [-0.05, 0) is 18.4 Å². The third kappa shape index (κ3) is 0.979. The first kappa shape index (κ1) is 8.55. The van der Waals surface area contributed by atoms with Crippen LogP contribution in [0.25, 0.3) is 11.0 Å². The molecular formula is C13H11NO. The predicted octanol–water partition coefficient (Wildman–Crippen LogP) is 3.23. The van der Waals surface area contributed by atoms with E-state index in [2.05, 4.69) is 13.0 Å².